The number of imidazole rings is 1. The summed E-state index contributed by atoms with van der Waals surface area (Å²) < 4.78 is 5.13. The number of nitrogens with zero attached hydrogens (tertiary/aromatic N) is 1. The summed E-state index contributed by atoms with van der Waals surface area (Å²) in [6, 6.07) is 7.12. The lowest BCUT2D eigenvalue weighted by Gasteiger charge is -2.03. The fourth-order valence-corrected chi connectivity index (χ4v) is 1.46. The zero-order valence-corrected chi connectivity index (χ0v) is 9.38. The van der Waals surface area contributed by atoms with E-state index in [1.807, 2.05) is 6.07 Å². The number of hydrogen-bond donors (Lipinski definition) is 1. The molecule has 1 aromatic carbocycles. The minimum atomic E-state index is -0.112. The van der Waals surface area contributed by atoms with Crippen molar-refractivity contribution >= 4 is 11.9 Å². The Morgan fingerprint density at radius 2 is 2.24 bits per heavy atom. The van der Waals surface area contributed by atoms with Gasteiger partial charge in [-0.2, -0.15) is 0 Å². The Bertz CT molecular complexity index is 530. The first-order valence-electron chi connectivity index (χ1n) is 5.16. The molecule has 17 heavy (non-hydrogen) atoms. The predicted molar refractivity (Wildman–Crippen MR) is 64.9 cm³/mol. The Balaban J connectivity index is 2.20. The molecule has 2 rings (SSSR count). The molecule has 4 nitrogen and oxygen atoms in total. The van der Waals surface area contributed by atoms with Crippen LogP contribution < -0.4 is 4.74 Å². The third-order valence-corrected chi connectivity index (χ3v) is 2.28. The van der Waals surface area contributed by atoms with Gasteiger partial charge in [0, 0.05) is 12.4 Å². The van der Waals surface area contributed by atoms with Crippen LogP contribution in [0.3, 0.4) is 0 Å². The molecule has 0 bridgehead atoms. The van der Waals surface area contributed by atoms with Gasteiger partial charge in [-0.3, -0.25) is 4.79 Å². The van der Waals surface area contributed by atoms with E-state index in [1.165, 1.54) is 6.08 Å². The minimum Gasteiger partial charge on any atom is -0.496 e. The van der Waals surface area contributed by atoms with Crippen LogP contribution in [0.4, 0.5) is 0 Å². The number of benzene rings is 1. The Hall–Kier alpha value is -2.36. The van der Waals surface area contributed by atoms with Crippen molar-refractivity contribution < 1.29 is 9.53 Å². The summed E-state index contributed by atoms with van der Waals surface area (Å²) in [6.45, 7) is 0. The Kier molecular flexibility index (Phi) is 3.35. The van der Waals surface area contributed by atoms with E-state index < -0.39 is 0 Å². The van der Waals surface area contributed by atoms with Gasteiger partial charge >= 0.3 is 0 Å². The molecule has 4 heteroatoms. The normalized spacial score (nSPS) is 10.6. The molecule has 1 heterocycles. The lowest BCUT2D eigenvalue weighted by atomic mass is 10.1. The van der Waals surface area contributed by atoms with Crippen molar-refractivity contribution in [3.8, 4) is 5.75 Å². The van der Waals surface area contributed by atoms with Gasteiger partial charge in [-0.25, -0.2) is 4.98 Å². The topological polar surface area (TPSA) is 55.0 Å². The molecule has 0 unspecified atom stereocenters. The number of aromatic nitrogens is 2. The van der Waals surface area contributed by atoms with Crippen molar-refractivity contribution in [2.24, 2.45) is 0 Å². The summed E-state index contributed by atoms with van der Waals surface area (Å²) in [4.78, 5) is 18.8. The highest BCUT2D eigenvalue weighted by Gasteiger charge is 2.07. The third-order valence-electron chi connectivity index (χ3n) is 2.28. The molecule has 0 fully saturated rings. The number of methoxy groups -OCH3 is 1. The largest absolute Gasteiger partial charge is 0.496 e. The molecule has 1 N–H and O–H groups in total. The van der Waals surface area contributed by atoms with E-state index in [4.69, 9.17) is 4.74 Å². The maximum Gasteiger partial charge on any atom is 0.189 e. The van der Waals surface area contributed by atoms with Crippen molar-refractivity contribution in [1.82, 2.24) is 9.97 Å². The van der Waals surface area contributed by atoms with E-state index in [9.17, 15) is 4.79 Å². The monoisotopic (exact) mass is 228 g/mol. The van der Waals surface area contributed by atoms with Crippen LogP contribution in [0.5, 0.6) is 5.75 Å². The first-order valence-corrected chi connectivity index (χ1v) is 5.16. The van der Waals surface area contributed by atoms with Crippen molar-refractivity contribution in [2.75, 3.05) is 7.11 Å². The maximum atomic E-state index is 11.9. The van der Waals surface area contributed by atoms with Gasteiger partial charge in [0.2, 0.25) is 0 Å². The fourth-order valence-electron chi connectivity index (χ4n) is 1.46. The van der Waals surface area contributed by atoms with E-state index in [0.717, 1.165) is 0 Å². The van der Waals surface area contributed by atoms with Crippen molar-refractivity contribution in [3.63, 3.8) is 0 Å². The fraction of sp³-hybridized carbons (Fsp3) is 0.0769. The Labute approximate surface area is 99.0 Å². The van der Waals surface area contributed by atoms with Crippen molar-refractivity contribution in [3.05, 3.63) is 54.1 Å². The van der Waals surface area contributed by atoms with Crippen LogP contribution in [0.25, 0.3) is 6.08 Å². The number of ether oxygens (including phenoxy) is 1. The summed E-state index contributed by atoms with van der Waals surface area (Å²) in [5.41, 5.74) is 0.540. The molecule has 86 valence electrons. The second kappa shape index (κ2) is 5.12. The SMILES string of the molecule is COc1ccccc1C(=O)/C=C/c1ncc[nH]1. The smallest absolute Gasteiger partial charge is 0.189 e. The van der Waals surface area contributed by atoms with Gasteiger partial charge in [0.05, 0.1) is 12.7 Å². The van der Waals surface area contributed by atoms with Gasteiger partial charge in [0.15, 0.2) is 5.78 Å². The highest BCUT2D eigenvalue weighted by molar-refractivity contribution is 6.08. The average molecular weight is 228 g/mol. The molecule has 0 atom stereocenters. The standard InChI is InChI=1S/C13H12N2O2/c1-17-12-5-3-2-4-10(12)11(16)6-7-13-14-8-9-15-13/h2-9H,1H3,(H,14,15)/b7-6+. The molecule has 0 amide bonds. The van der Waals surface area contributed by atoms with Gasteiger partial charge in [0.1, 0.15) is 11.6 Å². The highest BCUT2D eigenvalue weighted by Crippen LogP contribution is 2.18. The number of carbonyl (C=O) groups is 1. The number of rotatable bonds is 4. The lowest BCUT2D eigenvalue weighted by Crippen LogP contribution is -1.98. The Morgan fingerprint density at radius 3 is 2.94 bits per heavy atom. The number of ketones is 1. The third kappa shape index (κ3) is 2.60. The number of allylic oxidation sites excluding steroid dienone is 1. The number of hydrogen-bond acceptors (Lipinski definition) is 3. The predicted octanol–water partition coefficient (Wildman–Crippen LogP) is 2.31. The van der Waals surface area contributed by atoms with Crippen LogP contribution in [0.2, 0.25) is 0 Å². The minimum absolute atomic E-state index is 0.112. The number of aromatic amines is 1. The second-order valence-corrected chi connectivity index (χ2v) is 3.37. The van der Waals surface area contributed by atoms with Crippen LogP contribution in [0.1, 0.15) is 16.2 Å². The molecule has 1 aromatic heterocycles. The quantitative estimate of drug-likeness (QED) is 0.645. The van der Waals surface area contributed by atoms with Crippen molar-refractivity contribution in [2.45, 2.75) is 0 Å². The van der Waals surface area contributed by atoms with Crippen LogP contribution in [0.15, 0.2) is 42.7 Å². The summed E-state index contributed by atoms with van der Waals surface area (Å²) in [5, 5.41) is 0. The highest BCUT2D eigenvalue weighted by atomic mass is 16.5. The zero-order valence-electron chi connectivity index (χ0n) is 9.38. The van der Waals surface area contributed by atoms with Gasteiger partial charge in [-0.15, -0.1) is 0 Å². The maximum absolute atomic E-state index is 11.9. The van der Waals surface area contributed by atoms with Gasteiger partial charge < -0.3 is 9.72 Å². The molecule has 0 aliphatic rings. The van der Waals surface area contributed by atoms with Crippen LogP contribution in [0, 0.1) is 0 Å². The molecule has 0 saturated heterocycles. The van der Waals surface area contributed by atoms with Crippen molar-refractivity contribution in [1.29, 1.82) is 0 Å². The first kappa shape index (κ1) is 11.1. The lowest BCUT2D eigenvalue weighted by molar-refractivity contribution is 0.104. The summed E-state index contributed by atoms with van der Waals surface area (Å²) in [6.07, 6.45) is 6.44. The Morgan fingerprint density at radius 1 is 1.41 bits per heavy atom. The molecule has 0 aliphatic heterocycles. The molecular weight excluding hydrogens is 216 g/mol. The van der Waals surface area contributed by atoms with E-state index in [1.54, 1.807) is 43.8 Å². The molecule has 0 radical (unpaired) electrons. The van der Waals surface area contributed by atoms with Crippen LogP contribution >= 0.6 is 0 Å². The van der Waals surface area contributed by atoms with E-state index >= 15 is 0 Å². The average Bonchev–Trinajstić information content (AvgIpc) is 2.89. The molecule has 2 aromatic rings. The summed E-state index contributed by atoms with van der Waals surface area (Å²) >= 11 is 0. The number of nitrogens with one attached hydrogen (secondary N) is 1. The molecule has 0 saturated carbocycles. The zero-order chi connectivity index (χ0) is 12.1. The molecular formula is C13H12N2O2. The number of H-pyrrole nitrogens is 1. The van der Waals surface area contributed by atoms with Crippen LogP contribution in [-0.4, -0.2) is 22.9 Å². The molecule has 0 aliphatic carbocycles. The van der Waals surface area contributed by atoms with E-state index in [-0.39, 0.29) is 5.78 Å². The van der Waals surface area contributed by atoms with Gasteiger partial charge in [-0.05, 0) is 24.3 Å². The molecule has 0 spiro atoms. The second-order valence-electron chi connectivity index (χ2n) is 3.37. The van der Waals surface area contributed by atoms with E-state index in [0.29, 0.717) is 17.1 Å². The first-order chi connectivity index (χ1) is 8.31. The van der Waals surface area contributed by atoms with Gasteiger partial charge in [0.25, 0.3) is 0 Å². The summed E-state index contributed by atoms with van der Waals surface area (Å²) in [7, 11) is 1.54. The van der Waals surface area contributed by atoms with E-state index in [2.05, 4.69) is 9.97 Å². The summed E-state index contributed by atoms with van der Waals surface area (Å²) in [5.74, 6) is 1.11. The van der Waals surface area contributed by atoms with Gasteiger partial charge in [-0.1, -0.05) is 12.1 Å². The number of carbonyl (C=O) groups excluding carboxylic acids is 1. The number of para-hydroxylation sites is 1. The van der Waals surface area contributed by atoms with Crippen LogP contribution in [-0.2, 0) is 0 Å².